The second kappa shape index (κ2) is 11.6. The van der Waals surface area contributed by atoms with Gasteiger partial charge in [-0.2, -0.15) is 0 Å². The first-order chi connectivity index (χ1) is 17.7. The van der Waals surface area contributed by atoms with Crippen molar-refractivity contribution in [1.29, 1.82) is 5.41 Å². The first kappa shape index (κ1) is 26.4. The fourth-order valence-electron chi connectivity index (χ4n) is 4.15. The van der Waals surface area contributed by atoms with Gasteiger partial charge in [-0.3, -0.25) is 15.0 Å². The second-order valence-electron chi connectivity index (χ2n) is 8.99. The number of halogens is 2. The minimum atomic E-state index is -0.485. The Hall–Kier alpha value is -3.62. The summed E-state index contributed by atoms with van der Waals surface area (Å²) in [4.78, 5) is 34.4. The maximum absolute atomic E-state index is 13.2. The molecule has 192 valence electrons. The van der Waals surface area contributed by atoms with Gasteiger partial charge in [0.2, 0.25) is 0 Å². The molecule has 1 aliphatic rings. The van der Waals surface area contributed by atoms with Gasteiger partial charge in [-0.1, -0.05) is 35.3 Å². The van der Waals surface area contributed by atoms with E-state index < -0.39 is 5.91 Å². The van der Waals surface area contributed by atoms with Crippen molar-refractivity contribution in [2.45, 2.75) is 19.3 Å². The molecule has 4 rings (SSSR count). The van der Waals surface area contributed by atoms with Gasteiger partial charge < -0.3 is 20.4 Å². The molecular formula is C27H28Cl2N6O2. The summed E-state index contributed by atoms with van der Waals surface area (Å²) < 4.78 is 0. The Morgan fingerprint density at radius 3 is 2.19 bits per heavy atom. The molecule has 1 saturated heterocycles. The number of nitrogens with one attached hydrogen (secondary N) is 3. The number of likely N-dealkylation sites (tertiary alicyclic amines) is 1. The van der Waals surface area contributed by atoms with E-state index in [1.54, 1.807) is 61.5 Å². The van der Waals surface area contributed by atoms with Gasteiger partial charge in [-0.05, 0) is 55.7 Å². The van der Waals surface area contributed by atoms with Crippen molar-refractivity contribution in [1.82, 2.24) is 9.88 Å². The normalized spacial score (nSPS) is 13.1. The lowest BCUT2D eigenvalue weighted by atomic mass is 10.1. The molecule has 0 spiro atoms. The summed E-state index contributed by atoms with van der Waals surface area (Å²) in [6.07, 6.45) is 4.79. The molecule has 0 unspecified atom stereocenters. The number of amidine groups is 1. The Morgan fingerprint density at radius 1 is 0.892 bits per heavy atom. The Morgan fingerprint density at radius 2 is 1.57 bits per heavy atom. The highest BCUT2D eigenvalue weighted by molar-refractivity contribution is 6.32. The molecule has 37 heavy (non-hydrogen) atoms. The number of benzene rings is 2. The van der Waals surface area contributed by atoms with Crippen LogP contribution in [0.1, 0.15) is 45.5 Å². The lowest BCUT2D eigenvalue weighted by Crippen LogP contribution is -2.35. The Balaban J connectivity index is 1.58. The number of amides is 2. The van der Waals surface area contributed by atoms with Crippen molar-refractivity contribution in [2.24, 2.45) is 0 Å². The van der Waals surface area contributed by atoms with E-state index in [-0.39, 0.29) is 11.5 Å². The summed E-state index contributed by atoms with van der Waals surface area (Å²) in [6, 6.07) is 13.3. The van der Waals surface area contributed by atoms with Crippen LogP contribution in [-0.2, 0) is 0 Å². The summed E-state index contributed by atoms with van der Waals surface area (Å²) in [7, 11) is 3.59. The van der Waals surface area contributed by atoms with Gasteiger partial charge >= 0.3 is 0 Å². The van der Waals surface area contributed by atoms with Crippen molar-refractivity contribution in [2.75, 3.05) is 42.7 Å². The van der Waals surface area contributed by atoms with Gasteiger partial charge in [0, 0.05) is 49.5 Å². The summed E-state index contributed by atoms with van der Waals surface area (Å²) >= 11 is 12.2. The zero-order valence-corrected chi connectivity index (χ0v) is 22.2. The Bertz CT molecular complexity index is 1300. The van der Waals surface area contributed by atoms with Crippen molar-refractivity contribution in [3.63, 3.8) is 0 Å². The van der Waals surface area contributed by atoms with Crippen LogP contribution in [0.4, 0.5) is 17.2 Å². The minimum Gasteiger partial charge on any atom is -0.376 e. The molecule has 0 atom stereocenters. The molecule has 1 fully saturated rings. The second-order valence-corrected chi connectivity index (χ2v) is 9.86. The number of hydrogen-bond donors (Lipinski definition) is 3. The minimum absolute atomic E-state index is 0.185. The van der Waals surface area contributed by atoms with Crippen LogP contribution in [0, 0.1) is 5.41 Å². The highest BCUT2D eigenvalue weighted by atomic mass is 35.5. The van der Waals surface area contributed by atoms with Gasteiger partial charge in [-0.25, -0.2) is 4.98 Å². The van der Waals surface area contributed by atoms with Gasteiger partial charge in [0.1, 0.15) is 11.7 Å². The predicted molar refractivity (Wildman–Crippen MR) is 150 cm³/mol. The Labute approximate surface area is 226 Å². The van der Waals surface area contributed by atoms with Crippen LogP contribution < -0.4 is 15.5 Å². The third-order valence-corrected chi connectivity index (χ3v) is 6.55. The lowest BCUT2D eigenvalue weighted by molar-refractivity contribution is 0.102. The van der Waals surface area contributed by atoms with Gasteiger partial charge in [0.25, 0.3) is 11.8 Å². The number of nitrogens with zero attached hydrogens (tertiary/aromatic N) is 3. The van der Waals surface area contributed by atoms with Crippen LogP contribution in [-0.4, -0.2) is 54.7 Å². The predicted octanol–water partition coefficient (Wildman–Crippen LogP) is 5.77. The van der Waals surface area contributed by atoms with Crippen molar-refractivity contribution in [3.05, 3.63) is 81.5 Å². The molecule has 2 aromatic carbocycles. The number of rotatable bonds is 6. The zero-order valence-electron chi connectivity index (χ0n) is 20.6. The van der Waals surface area contributed by atoms with Crippen LogP contribution >= 0.6 is 23.2 Å². The van der Waals surface area contributed by atoms with Crippen molar-refractivity contribution < 1.29 is 9.59 Å². The van der Waals surface area contributed by atoms with Crippen LogP contribution in [0.3, 0.4) is 0 Å². The summed E-state index contributed by atoms with van der Waals surface area (Å²) in [5.41, 5.74) is 2.23. The van der Waals surface area contributed by atoms with Crippen LogP contribution in [0.15, 0.2) is 54.7 Å². The lowest BCUT2D eigenvalue weighted by Gasteiger charge is -2.29. The molecule has 10 heteroatoms. The summed E-state index contributed by atoms with van der Waals surface area (Å²) in [6.45, 7) is 1.75. The fourth-order valence-corrected chi connectivity index (χ4v) is 4.48. The van der Waals surface area contributed by atoms with Gasteiger partial charge in [0.15, 0.2) is 0 Å². The maximum Gasteiger partial charge on any atom is 0.259 e. The molecule has 3 N–H and O–H groups in total. The van der Waals surface area contributed by atoms with Crippen LogP contribution in [0.5, 0.6) is 0 Å². The number of aromatic nitrogens is 1. The third kappa shape index (κ3) is 6.39. The maximum atomic E-state index is 13.2. The van der Waals surface area contributed by atoms with E-state index in [1.807, 2.05) is 0 Å². The average Bonchev–Trinajstić information content (AvgIpc) is 2.90. The highest BCUT2D eigenvalue weighted by Crippen LogP contribution is 2.33. The number of carbonyl (C=O) groups excluding carboxylic acids is 2. The summed E-state index contributed by atoms with van der Waals surface area (Å²) in [5.74, 6) is -0.0972. The van der Waals surface area contributed by atoms with E-state index >= 15 is 0 Å². The van der Waals surface area contributed by atoms with E-state index in [0.717, 1.165) is 31.5 Å². The number of carbonyl (C=O) groups is 2. The van der Waals surface area contributed by atoms with E-state index in [0.29, 0.717) is 38.6 Å². The van der Waals surface area contributed by atoms with Crippen LogP contribution in [0.25, 0.3) is 0 Å². The third-order valence-electron chi connectivity index (χ3n) is 6.11. The molecule has 3 aromatic rings. The molecule has 1 aliphatic heterocycles. The largest absolute Gasteiger partial charge is 0.376 e. The van der Waals surface area contributed by atoms with Crippen molar-refractivity contribution in [3.8, 4) is 0 Å². The molecule has 8 nitrogen and oxygen atoms in total. The number of pyridine rings is 1. The smallest absolute Gasteiger partial charge is 0.259 e. The molecule has 0 radical (unpaired) electrons. The summed E-state index contributed by atoms with van der Waals surface area (Å²) in [5, 5.41) is 14.9. The van der Waals surface area contributed by atoms with E-state index in [4.69, 9.17) is 28.6 Å². The molecular weight excluding hydrogens is 511 g/mol. The molecule has 2 heterocycles. The number of piperidine rings is 1. The first-order valence-corrected chi connectivity index (χ1v) is 12.7. The molecule has 2 amide bonds. The molecule has 0 aliphatic carbocycles. The quantitative estimate of drug-likeness (QED) is 0.273. The highest BCUT2D eigenvalue weighted by Gasteiger charge is 2.22. The molecule has 0 saturated carbocycles. The van der Waals surface area contributed by atoms with E-state index in [2.05, 4.69) is 20.5 Å². The zero-order chi connectivity index (χ0) is 26.5. The SMILES string of the molecule is CN(C)c1cc(Cl)cc(C(=O)Nc2ccc(Cl)cn2)c1NC(=O)c1ccc(C(=N)N2CCCCC2)cc1. The number of anilines is 3. The standard InChI is InChI=1S/C27H28Cl2N6O2/c1-34(2)22-15-20(29)14-21(27(37)32-23-11-10-19(28)16-31-23)24(22)33-26(36)18-8-6-17(7-9-18)25(30)35-12-4-3-5-13-35/h6-11,14-16,30H,3-5,12-13H2,1-2H3,(H,33,36)(H,31,32,37). The monoisotopic (exact) mass is 538 g/mol. The molecule has 1 aromatic heterocycles. The molecule has 0 bridgehead atoms. The first-order valence-electron chi connectivity index (χ1n) is 11.9. The van der Waals surface area contributed by atoms with Crippen LogP contribution in [0.2, 0.25) is 10.0 Å². The van der Waals surface area contributed by atoms with E-state index in [9.17, 15) is 9.59 Å². The van der Waals surface area contributed by atoms with Gasteiger partial charge in [0.05, 0.1) is 22.0 Å². The van der Waals surface area contributed by atoms with E-state index in [1.165, 1.54) is 18.7 Å². The van der Waals surface area contributed by atoms with Gasteiger partial charge in [-0.15, -0.1) is 0 Å². The topological polar surface area (TPSA) is 101 Å². The fraction of sp³-hybridized carbons (Fsp3) is 0.259. The Kier molecular flexibility index (Phi) is 8.31. The van der Waals surface area contributed by atoms with Crippen molar-refractivity contribution >= 4 is 58.0 Å². The number of hydrogen-bond acceptors (Lipinski definition) is 5. The average molecular weight is 539 g/mol.